The van der Waals surface area contributed by atoms with Crippen molar-refractivity contribution in [3.8, 4) is 0 Å². The largest absolute Gasteiger partial charge is 0.240 e. The Labute approximate surface area is 106 Å². The summed E-state index contributed by atoms with van der Waals surface area (Å²) in [5.41, 5.74) is 0. The summed E-state index contributed by atoms with van der Waals surface area (Å²) in [5.74, 6) is 0.0198. The van der Waals surface area contributed by atoms with Crippen molar-refractivity contribution < 1.29 is 12.8 Å². The molecule has 0 heterocycles. The zero-order chi connectivity index (χ0) is 12.7. The van der Waals surface area contributed by atoms with Gasteiger partial charge in [-0.1, -0.05) is 12.5 Å². The summed E-state index contributed by atoms with van der Waals surface area (Å²) in [6.07, 6.45) is 2.46. The molecule has 17 heavy (non-hydrogen) atoms. The lowest BCUT2D eigenvalue weighted by molar-refractivity contribution is 0.572. The quantitative estimate of drug-likeness (QED) is 0.616. The molecule has 0 amide bonds. The fourth-order valence-corrected chi connectivity index (χ4v) is 2.61. The summed E-state index contributed by atoms with van der Waals surface area (Å²) in [4.78, 5) is -0.0464. The summed E-state index contributed by atoms with van der Waals surface area (Å²) < 4.78 is 38.7. The average Bonchev–Trinajstić information content (AvgIpc) is 2.29. The lowest BCUT2D eigenvalue weighted by Crippen LogP contribution is -2.24. The Morgan fingerprint density at radius 1 is 1.24 bits per heavy atom. The lowest BCUT2D eigenvalue weighted by atomic mass is 10.2. The third-order valence-electron chi connectivity index (χ3n) is 2.21. The van der Waals surface area contributed by atoms with E-state index in [9.17, 15) is 12.8 Å². The number of nitrogens with one attached hydrogen (secondary N) is 1. The second-order valence-electron chi connectivity index (χ2n) is 3.60. The molecule has 0 bridgehead atoms. The predicted octanol–water partition coefficient (Wildman–Crippen LogP) is 2.51. The molecule has 0 saturated carbocycles. The minimum atomic E-state index is -3.59. The first kappa shape index (κ1) is 14.4. The molecule has 1 N–H and O–H groups in total. The Balaban J connectivity index is 2.51. The summed E-state index contributed by atoms with van der Waals surface area (Å²) >= 11 is 5.50. The summed E-state index contributed by atoms with van der Waals surface area (Å²) in [6.45, 7) is 0.343. The number of halogens is 2. The zero-order valence-electron chi connectivity index (χ0n) is 9.33. The van der Waals surface area contributed by atoms with E-state index in [0.29, 0.717) is 12.4 Å². The monoisotopic (exact) mass is 279 g/mol. The van der Waals surface area contributed by atoms with Crippen LogP contribution in [-0.2, 0) is 10.0 Å². The number of unbranched alkanes of at least 4 members (excludes halogenated alkanes) is 2. The molecular formula is C11H15ClFNO2S. The van der Waals surface area contributed by atoms with Gasteiger partial charge in [0.15, 0.2) is 0 Å². The van der Waals surface area contributed by atoms with Crippen LogP contribution in [0.25, 0.3) is 0 Å². The fraction of sp³-hybridized carbons (Fsp3) is 0.455. The highest BCUT2D eigenvalue weighted by Gasteiger charge is 2.13. The van der Waals surface area contributed by atoms with Crippen molar-refractivity contribution in [3.63, 3.8) is 0 Å². The van der Waals surface area contributed by atoms with E-state index >= 15 is 0 Å². The van der Waals surface area contributed by atoms with E-state index in [4.69, 9.17) is 11.6 Å². The van der Waals surface area contributed by atoms with E-state index in [2.05, 4.69) is 4.72 Å². The SMILES string of the molecule is O=S(=O)(NCCCCCCl)c1cccc(F)c1. The molecule has 3 nitrogen and oxygen atoms in total. The molecule has 1 aromatic rings. The first-order valence-corrected chi connectivity index (χ1v) is 7.39. The highest BCUT2D eigenvalue weighted by Crippen LogP contribution is 2.10. The molecule has 0 aliphatic carbocycles. The number of benzene rings is 1. The van der Waals surface area contributed by atoms with Crippen molar-refractivity contribution in [2.75, 3.05) is 12.4 Å². The molecule has 0 aliphatic heterocycles. The topological polar surface area (TPSA) is 46.2 Å². The van der Waals surface area contributed by atoms with E-state index in [1.54, 1.807) is 0 Å². The highest BCUT2D eigenvalue weighted by atomic mass is 35.5. The Kier molecular flexibility index (Phi) is 5.88. The molecule has 1 aromatic carbocycles. The van der Waals surface area contributed by atoms with E-state index < -0.39 is 15.8 Å². The van der Waals surface area contributed by atoms with Gasteiger partial charge in [-0.05, 0) is 31.0 Å². The van der Waals surface area contributed by atoms with Gasteiger partial charge in [-0.25, -0.2) is 17.5 Å². The minimum Gasteiger partial charge on any atom is -0.211 e. The number of hydrogen-bond donors (Lipinski definition) is 1. The van der Waals surface area contributed by atoms with Crippen molar-refractivity contribution in [1.29, 1.82) is 0 Å². The van der Waals surface area contributed by atoms with Gasteiger partial charge in [0.2, 0.25) is 10.0 Å². The van der Waals surface area contributed by atoms with Crippen LogP contribution in [0.1, 0.15) is 19.3 Å². The van der Waals surface area contributed by atoms with Crippen LogP contribution in [0, 0.1) is 5.82 Å². The van der Waals surface area contributed by atoms with Gasteiger partial charge in [0, 0.05) is 12.4 Å². The third kappa shape index (κ3) is 5.02. The third-order valence-corrected chi connectivity index (χ3v) is 3.93. The summed E-state index contributed by atoms with van der Waals surface area (Å²) in [7, 11) is -3.59. The van der Waals surface area contributed by atoms with Gasteiger partial charge in [0.1, 0.15) is 5.82 Å². The highest BCUT2D eigenvalue weighted by molar-refractivity contribution is 7.89. The van der Waals surface area contributed by atoms with Crippen LogP contribution < -0.4 is 4.72 Å². The average molecular weight is 280 g/mol. The van der Waals surface area contributed by atoms with Crippen LogP contribution in [0.2, 0.25) is 0 Å². The van der Waals surface area contributed by atoms with Gasteiger partial charge < -0.3 is 0 Å². The maximum Gasteiger partial charge on any atom is 0.240 e. The maximum absolute atomic E-state index is 12.9. The van der Waals surface area contributed by atoms with E-state index in [1.807, 2.05) is 0 Å². The Hall–Kier alpha value is -0.650. The molecule has 0 aliphatic rings. The molecule has 0 saturated heterocycles. The Bertz CT molecular complexity index is 451. The van der Waals surface area contributed by atoms with Gasteiger partial charge in [-0.15, -0.1) is 11.6 Å². The minimum absolute atomic E-state index is 0.0464. The van der Waals surface area contributed by atoms with Crippen molar-refractivity contribution in [3.05, 3.63) is 30.1 Å². The van der Waals surface area contributed by atoms with Gasteiger partial charge in [0.25, 0.3) is 0 Å². The van der Waals surface area contributed by atoms with Crippen LogP contribution in [-0.4, -0.2) is 20.8 Å². The maximum atomic E-state index is 12.9. The van der Waals surface area contributed by atoms with E-state index in [1.165, 1.54) is 18.2 Å². The lowest BCUT2D eigenvalue weighted by Gasteiger charge is -2.06. The fourth-order valence-electron chi connectivity index (χ4n) is 1.32. The van der Waals surface area contributed by atoms with Crippen LogP contribution >= 0.6 is 11.6 Å². The molecule has 0 atom stereocenters. The molecule has 0 radical (unpaired) electrons. The van der Waals surface area contributed by atoms with Gasteiger partial charge in [0.05, 0.1) is 4.90 Å². The standard InChI is InChI=1S/C11H15ClFNO2S/c12-7-2-1-3-8-14-17(15,16)11-6-4-5-10(13)9-11/h4-6,9,14H,1-3,7-8H2. The predicted molar refractivity (Wildman–Crippen MR) is 66.2 cm³/mol. The second kappa shape index (κ2) is 6.93. The zero-order valence-corrected chi connectivity index (χ0v) is 10.9. The van der Waals surface area contributed by atoms with Gasteiger partial charge in [-0.2, -0.15) is 0 Å². The smallest absolute Gasteiger partial charge is 0.211 e. The molecule has 1 rings (SSSR count). The first-order valence-electron chi connectivity index (χ1n) is 5.37. The molecule has 0 spiro atoms. The number of alkyl halides is 1. The van der Waals surface area contributed by atoms with Crippen LogP contribution in [0.4, 0.5) is 4.39 Å². The molecule has 0 aromatic heterocycles. The molecule has 96 valence electrons. The van der Waals surface area contributed by atoms with Gasteiger partial charge in [-0.3, -0.25) is 0 Å². The molecule has 0 fully saturated rings. The number of sulfonamides is 1. The Morgan fingerprint density at radius 2 is 2.00 bits per heavy atom. The van der Waals surface area contributed by atoms with E-state index in [-0.39, 0.29) is 4.90 Å². The normalized spacial score (nSPS) is 11.6. The van der Waals surface area contributed by atoms with Crippen LogP contribution in [0.5, 0.6) is 0 Å². The molecule has 0 unspecified atom stereocenters. The van der Waals surface area contributed by atoms with Gasteiger partial charge >= 0.3 is 0 Å². The number of hydrogen-bond acceptors (Lipinski definition) is 2. The second-order valence-corrected chi connectivity index (χ2v) is 5.75. The van der Waals surface area contributed by atoms with Crippen LogP contribution in [0.15, 0.2) is 29.2 Å². The van der Waals surface area contributed by atoms with Crippen molar-refractivity contribution in [2.24, 2.45) is 0 Å². The van der Waals surface area contributed by atoms with E-state index in [0.717, 1.165) is 25.3 Å². The summed E-state index contributed by atoms with van der Waals surface area (Å²) in [5, 5.41) is 0. The van der Waals surface area contributed by atoms with Crippen molar-refractivity contribution >= 4 is 21.6 Å². The molecule has 6 heteroatoms. The van der Waals surface area contributed by atoms with Crippen LogP contribution in [0.3, 0.4) is 0 Å². The summed E-state index contributed by atoms with van der Waals surface area (Å²) in [6, 6.07) is 4.95. The van der Waals surface area contributed by atoms with Crippen molar-refractivity contribution in [2.45, 2.75) is 24.2 Å². The Morgan fingerprint density at radius 3 is 2.65 bits per heavy atom. The first-order chi connectivity index (χ1) is 8.06. The number of rotatable bonds is 7. The molecular weight excluding hydrogens is 265 g/mol. The van der Waals surface area contributed by atoms with Crippen molar-refractivity contribution in [1.82, 2.24) is 4.72 Å².